The zero-order valence-corrected chi connectivity index (χ0v) is 10.6. The van der Waals surface area contributed by atoms with E-state index in [4.69, 9.17) is 9.52 Å². The minimum Gasteiger partial charge on any atom is -0.478 e. The number of carboxylic acid groups (broad SMARTS) is 1. The van der Waals surface area contributed by atoms with Crippen LogP contribution in [-0.2, 0) is 4.79 Å². The number of carboxylic acids is 1. The van der Waals surface area contributed by atoms with E-state index in [1.807, 2.05) is 43.3 Å². The first-order chi connectivity index (χ1) is 9.06. The molecule has 0 spiro atoms. The Morgan fingerprint density at radius 2 is 1.95 bits per heavy atom. The molecule has 0 aliphatic carbocycles. The molecule has 0 bridgehead atoms. The van der Waals surface area contributed by atoms with Crippen LogP contribution < -0.4 is 4.90 Å². The third-order valence-corrected chi connectivity index (χ3v) is 2.44. The molecule has 2 rings (SSSR count). The zero-order chi connectivity index (χ0) is 13.8. The summed E-state index contributed by atoms with van der Waals surface area (Å²) in [5.41, 5.74) is 1.85. The van der Waals surface area contributed by atoms with E-state index in [2.05, 4.69) is 10.2 Å². The number of anilines is 1. The summed E-state index contributed by atoms with van der Waals surface area (Å²) >= 11 is 0. The molecule has 0 radical (unpaired) electrons. The predicted octanol–water partition coefficient (Wildman–Crippen LogP) is 1.90. The number of rotatable bonds is 4. The summed E-state index contributed by atoms with van der Waals surface area (Å²) in [5, 5.41) is 16.1. The van der Waals surface area contributed by atoms with Gasteiger partial charge in [-0.05, 0) is 24.3 Å². The number of hydrogen-bond acceptors (Lipinski definition) is 5. The van der Waals surface area contributed by atoms with Gasteiger partial charge in [-0.25, -0.2) is 4.79 Å². The topological polar surface area (TPSA) is 79.5 Å². The van der Waals surface area contributed by atoms with Crippen molar-refractivity contribution in [1.82, 2.24) is 10.2 Å². The fourth-order valence-electron chi connectivity index (χ4n) is 1.46. The van der Waals surface area contributed by atoms with Crippen LogP contribution in [0.25, 0.3) is 17.5 Å². The molecule has 2 aromatic rings. The summed E-state index contributed by atoms with van der Waals surface area (Å²) in [6, 6.07) is 7.61. The number of carbonyl (C=O) groups is 1. The highest BCUT2D eigenvalue weighted by Gasteiger charge is 2.07. The summed E-state index contributed by atoms with van der Waals surface area (Å²) in [4.78, 5) is 12.4. The lowest BCUT2D eigenvalue weighted by molar-refractivity contribution is -0.131. The maximum absolute atomic E-state index is 10.4. The van der Waals surface area contributed by atoms with Gasteiger partial charge in [0.1, 0.15) is 0 Å². The van der Waals surface area contributed by atoms with Crippen LogP contribution >= 0.6 is 0 Å². The minimum absolute atomic E-state index is 0.161. The Kier molecular flexibility index (Phi) is 3.61. The third-order valence-electron chi connectivity index (χ3n) is 2.44. The average molecular weight is 259 g/mol. The SMILES string of the molecule is CN(C)c1ccc(-c2nnc(/C=C/C(=O)O)o2)cc1. The molecule has 1 aromatic heterocycles. The van der Waals surface area contributed by atoms with Crippen LogP contribution in [0.3, 0.4) is 0 Å². The quantitative estimate of drug-likeness (QED) is 0.845. The first-order valence-corrected chi connectivity index (χ1v) is 5.58. The summed E-state index contributed by atoms with van der Waals surface area (Å²) in [5.74, 6) is -0.542. The molecule has 6 heteroatoms. The molecule has 0 saturated carbocycles. The van der Waals surface area contributed by atoms with Crippen molar-refractivity contribution in [2.75, 3.05) is 19.0 Å². The number of aliphatic carboxylic acids is 1. The molecular formula is C13H13N3O3. The van der Waals surface area contributed by atoms with Crippen LogP contribution in [0.1, 0.15) is 5.89 Å². The van der Waals surface area contributed by atoms with E-state index >= 15 is 0 Å². The summed E-state index contributed by atoms with van der Waals surface area (Å²) in [7, 11) is 3.91. The minimum atomic E-state index is -1.06. The van der Waals surface area contributed by atoms with Gasteiger partial charge in [0.15, 0.2) is 0 Å². The Morgan fingerprint density at radius 1 is 1.26 bits per heavy atom. The Labute approximate surface area is 110 Å². The maximum atomic E-state index is 10.4. The van der Waals surface area contributed by atoms with Gasteiger partial charge in [-0.2, -0.15) is 0 Å². The highest BCUT2D eigenvalue weighted by Crippen LogP contribution is 2.21. The van der Waals surface area contributed by atoms with Crippen molar-refractivity contribution in [2.45, 2.75) is 0 Å². The lowest BCUT2D eigenvalue weighted by atomic mass is 10.2. The van der Waals surface area contributed by atoms with Crippen molar-refractivity contribution < 1.29 is 14.3 Å². The average Bonchev–Trinajstić information content (AvgIpc) is 2.85. The van der Waals surface area contributed by atoms with Gasteiger partial charge in [-0.1, -0.05) is 0 Å². The largest absolute Gasteiger partial charge is 0.478 e. The van der Waals surface area contributed by atoms with Crippen molar-refractivity contribution in [3.8, 4) is 11.5 Å². The number of benzene rings is 1. The second-order valence-electron chi connectivity index (χ2n) is 4.06. The van der Waals surface area contributed by atoms with Crippen LogP contribution in [-0.4, -0.2) is 35.4 Å². The second kappa shape index (κ2) is 5.34. The molecule has 1 N–H and O–H groups in total. The molecule has 0 amide bonds. The first kappa shape index (κ1) is 12.8. The molecule has 0 unspecified atom stereocenters. The first-order valence-electron chi connectivity index (χ1n) is 5.58. The number of nitrogens with zero attached hydrogens (tertiary/aromatic N) is 3. The predicted molar refractivity (Wildman–Crippen MR) is 70.7 cm³/mol. The summed E-state index contributed by atoms with van der Waals surface area (Å²) < 4.78 is 5.33. The second-order valence-corrected chi connectivity index (χ2v) is 4.06. The highest BCUT2D eigenvalue weighted by atomic mass is 16.4. The van der Waals surface area contributed by atoms with Crippen LogP contribution in [0.5, 0.6) is 0 Å². The molecule has 6 nitrogen and oxygen atoms in total. The lowest BCUT2D eigenvalue weighted by Gasteiger charge is -2.11. The van der Waals surface area contributed by atoms with E-state index in [0.29, 0.717) is 5.89 Å². The van der Waals surface area contributed by atoms with Crippen LogP contribution in [0.4, 0.5) is 5.69 Å². The van der Waals surface area contributed by atoms with Crippen LogP contribution in [0.15, 0.2) is 34.8 Å². The van der Waals surface area contributed by atoms with Gasteiger partial charge in [0, 0.05) is 37.5 Å². The Balaban J connectivity index is 2.20. The molecule has 19 heavy (non-hydrogen) atoms. The molecule has 0 fully saturated rings. The van der Waals surface area contributed by atoms with Crippen LogP contribution in [0.2, 0.25) is 0 Å². The summed E-state index contributed by atoms with van der Waals surface area (Å²) in [6.07, 6.45) is 2.21. The molecule has 0 atom stereocenters. The van der Waals surface area contributed by atoms with E-state index < -0.39 is 5.97 Å². The van der Waals surface area contributed by atoms with E-state index in [9.17, 15) is 4.79 Å². The third kappa shape index (κ3) is 3.19. The van der Waals surface area contributed by atoms with Crippen molar-refractivity contribution in [2.24, 2.45) is 0 Å². The van der Waals surface area contributed by atoms with Gasteiger partial charge in [-0.15, -0.1) is 10.2 Å². The molecule has 1 heterocycles. The lowest BCUT2D eigenvalue weighted by Crippen LogP contribution is -2.07. The van der Waals surface area contributed by atoms with E-state index in [-0.39, 0.29) is 5.89 Å². The van der Waals surface area contributed by atoms with Crippen molar-refractivity contribution in [1.29, 1.82) is 0 Å². The fraction of sp³-hybridized carbons (Fsp3) is 0.154. The van der Waals surface area contributed by atoms with Crippen molar-refractivity contribution in [3.63, 3.8) is 0 Å². The van der Waals surface area contributed by atoms with Gasteiger partial charge in [0.25, 0.3) is 0 Å². The van der Waals surface area contributed by atoms with Gasteiger partial charge < -0.3 is 14.4 Å². The summed E-state index contributed by atoms with van der Waals surface area (Å²) in [6.45, 7) is 0. The van der Waals surface area contributed by atoms with Gasteiger partial charge in [0.05, 0.1) is 0 Å². The zero-order valence-electron chi connectivity index (χ0n) is 10.6. The number of hydrogen-bond donors (Lipinski definition) is 1. The van der Waals surface area contributed by atoms with E-state index in [1.54, 1.807) is 0 Å². The molecule has 1 aromatic carbocycles. The Bertz CT molecular complexity index is 600. The molecule has 0 aliphatic heterocycles. The molecular weight excluding hydrogens is 246 g/mol. The van der Waals surface area contributed by atoms with Crippen LogP contribution in [0, 0.1) is 0 Å². The Hall–Kier alpha value is -2.63. The molecule has 98 valence electrons. The van der Waals surface area contributed by atoms with Crippen molar-refractivity contribution >= 4 is 17.7 Å². The van der Waals surface area contributed by atoms with Gasteiger partial charge >= 0.3 is 5.97 Å². The molecule has 0 aliphatic rings. The van der Waals surface area contributed by atoms with E-state index in [0.717, 1.165) is 17.3 Å². The van der Waals surface area contributed by atoms with E-state index in [1.165, 1.54) is 6.08 Å². The molecule has 0 saturated heterocycles. The highest BCUT2D eigenvalue weighted by molar-refractivity contribution is 5.84. The monoisotopic (exact) mass is 259 g/mol. The Morgan fingerprint density at radius 3 is 2.53 bits per heavy atom. The number of aromatic nitrogens is 2. The maximum Gasteiger partial charge on any atom is 0.328 e. The van der Waals surface area contributed by atoms with Crippen molar-refractivity contribution in [3.05, 3.63) is 36.2 Å². The standard InChI is InChI=1S/C13H13N3O3/c1-16(2)10-5-3-9(4-6-10)13-15-14-11(19-13)7-8-12(17)18/h3-8H,1-2H3,(H,17,18)/b8-7+. The fourth-order valence-corrected chi connectivity index (χ4v) is 1.46. The van der Waals surface area contributed by atoms with Gasteiger partial charge in [0.2, 0.25) is 11.8 Å². The normalized spacial score (nSPS) is 10.8. The smallest absolute Gasteiger partial charge is 0.328 e. The van der Waals surface area contributed by atoms with Gasteiger partial charge in [-0.3, -0.25) is 0 Å².